The van der Waals surface area contributed by atoms with Crippen molar-refractivity contribution in [2.45, 2.75) is 32.1 Å². The Hall–Kier alpha value is -4.70. The summed E-state index contributed by atoms with van der Waals surface area (Å²) in [6.45, 7) is 1.91. The first-order valence-corrected chi connectivity index (χ1v) is 15.9. The summed E-state index contributed by atoms with van der Waals surface area (Å²) in [6.07, 6.45) is 2.82. The van der Waals surface area contributed by atoms with Crippen LogP contribution < -0.4 is 9.64 Å². The number of ether oxygens (including phenoxy) is 1. The summed E-state index contributed by atoms with van der Waals surface area (Å²) in [5.74, 6) is -5.43. The fraction of sp³-hybridized carbons (Fsp3) is 0.333. The van der Waals surface area contributed by atoms with Crippen molar-refractivity contribution < 1.29 is 38.5 Å². The Morgan fingerprint density at radius 2 is 1.70 bits per heavy atom. The number of benzene rings is 3. The SMILES string of the molecule is COc1cc([C@H]2C3=CC[C@@H]4C(=O)N(CCc5ccc(O)cc5)C(=O)[C@@H]4[C@@H]3C[C@H]3C(=O)N(c4ccc(F)c(Cl)c4)C(=O)[C@@]23C)ccc1O. The number of fused-ring (bicyclic) bond motifs is 4. The number of allylic oxidation sites excluding steroid dienone is 2. The molecule has 2 aliphatic heterocycles. The van der Waals surface area contributed by atoms with Crippen molar-refractivity contribution in [3.05, 3.63) is 94.3 Å². The van der Waals surface area contributed by atoms with Crippen molar-refractivity contribution >= 4 is 40.9 Å². The molecule has 0 aromatic heterocycles. The van der Waals surface area contributed by atoms with E-state index >= 15 is 0 Å². The van der Waals surface area contributed by atoms with Crippen molar-refractivity contribution in [3.8, 4) is 17.2 Å². The quantitative estimate of drug-likeness (QED) is 0.270. The van der Waals surface area contributed by atoms with Gasteiger partial charge in [-0.2, -0.15) is 0 Å². The van der Waals surface area contributed by atoms with Crippen LogP contribution >= 0.6 is 11.6 Å². The summed E-state index contributed by atoms with van der Waals surface area (Å²) in [6, 6.07) is 15.1. The van der Waals surface area contributed by atoms with Gasteiger partial charge in [-0.05, 0) is 85.7 Å². The highest BCUT2D eigenvalue weighted by molar-refractivity contribution is 6.31. The number of phenols is 2. The van der Waals surface area contributed by atoms with Gasteiger partial charge in [-0.15, -0.1) is 0 Å². The normalized spacial score (nSPS) is 28.3. The predicted molar refractivity (Wildman–Crippen MR) is 169 cm³/mol. The molecule has 47 heavy (non-hydrogen) atoms. The molecule has 2 N–H and O–H groups in total. The number of hydrogen-bond donors (Lipinski definition) is 2. The molecule has 1 saturated carbocycles. The van der Waals surface area contributed by atoms with Gasteiger partial charge < -0.3 is 14.9 Å². The molecule has 3 fully saturated rings. The minimum absolute atomic E-state index is 0.0970. The van der Waals surface area contributed by atoms with Crippen LogP contribution in [-0.4, -0.2) is 52.4 Å². The summed E-state index contributed by atoms with van der Waals surface area (Å²) < 4.78 is 19.5. The van der Waals surface area contributed by atoms with Crippen LogP contribution in [0.5, 0.6) is 17.2 Å². The van der Waals surface area contributed by atoms with Crippen molar-refractivity contribution in [1.82, 2.24) is 4.90 Å². The van der Waals surface area contributed by atoms with Gasteiger partial charge in [0.2, 0.25) is 23.6 Å². The molecule has 2 heterocycles. The van der Waals surface area contributed by atoms with Gasteiger partial charge in [0, 0.05) is 12.5 Å². The third kappa shape index (κ3) is 4.64. The van der Waals surface area contributed by atoms with E-state index in [2.05, 4.69) is 0 Å². The molecular formula is C36H32ClFN2O7. The van der Waals surface area contributed by atoms with Gasteiger partial charge in [-0.1, -0.05) is 41.4 Å². The van der Waals surface area contributed by atoms with Gasteiger partial charge in [-0.25, -0.2) is 9.29 Å². The van der Waals surface area contributed by atoms with E-state index in [1.165, 1.54) is 30.2 Å². The molecule has 11 heteroatoms. The van der Waals surface area contributed by atoms with E-state index in [-0.39, 0.29) is 52.7 Å². The van der Waals surface area contributed by atoms with Crippen molar-refractivity contribution in [2.75, 3.05) is 18.6 Å². The number of imide groups is 2. The number of rotatable bonds is 6. The lowest BCUT2D eigenvalue weighted by Gasteiger charge is -2.49. The summed E-state index contributed by atoms with van der Waals surface area (Å²) >= 11 is 6.07. The summed E-state index contributed by atoms with van der Waals surface area (Å²) in [7, 11) is 1.41. The first-order chi connectivity index (χ1) is 22.4. The summed E-state index contributed by atoms with van der Waals surface area (Å²) in [5.41, 5.74) is 1.09. The van der Waals surface area contributed by atoms with Crippen LogP contribution in [-0.2, 0) is 25.6 Å². The molecule has 3 aromatic carbocycles. The number of carbonyl (C=O) groups excluding carboxylic acids is 4. The maximum atomic E-state index is 14.5. The lowest BCUT2D eigenvalue weighted by molar-refractivity contribution is -0.140. The molecule has 0 spiro atoms. The molecule has 4 aliphatic rings. The molecule has 3 aromatic rings. The summed E-state index contributed by atoms with van der Waals surface area (Å²) in [4.78, 5) is 58.9. The topological polar surface area (TPSA) is 124 Å². The standard InChI is InChI=1S/C36H32ClFN2O7/c1-36-25(33(44)40(35(36)46)20-6-11-27(38)26(37)16-20)17-24-22(31(36)19-5-12-28(42)29(15-19)47-2)9-10-23-30(24)34(45)39(32(23)43)14-13-18-3-7-21(41)8-4-18/h3-9,11-12,15-16,23-25,30-31,41-42H,10,13-14,17H2,1-2H3/t23-,24+,25-,30-,31-,36+/m0/s1. The van der Waals surface area contributed by atoms with Crippen LogP contribution in [0.25, 0.3) is 0 Å². The Bertz CT molecular complexity index is 1880. The molecule has 2 aliphatic carbocycles. The molecular weight excluding hydrogens is 627 g/mol. The number of halogens is 2. The van der Waals surface area contributed by atoms with Crippen molar-refractivity contribution in [3.63, 3.8) is 0 Å². The van der Waals surface area contributed by atoms with E-state index in [0.29, 0.717) is 18.4 Å². The number of anilines is 1. The lowest BCUT2D eigenvalue weighted by Crippen LogP contribution is -2.48. The Labute approximate surface area is 275 Å². The van der Waals surface area contributed by atoms with Crippen LogP contribution in [0.2, 0.25) is 5.02 Å². The first kappa shape index (κ1) is 30.9. The molecule has 0 radical (unpaired) electrons. The average molecular weight is 659 g/mol. The van der Waals surface area contributed by atoms with E-state index in [1.54, 1.807) is 43.3 Å². The first-order valence-electron chi connectivity index (χ1n) is 15.5. The van der Waals surface area contributed by atoms with Gasteiger partial charge in [0.1, 0.15) is 11.6 Å². The van der Waals surface area contributed by atoms with Crippen LogP contribution in [0.15, 0.2) is 72.3 Å². The zero-order chi connectivity index (χ0) is 33.4. The molecule has 6 atom stereocenters. The monoisotopic (exact) mass is 658 g/mol. The highest BCUT2D eigenvalue weighted by Gasteiger charge is 2.67. The van der Waals surface area contributed by atoms with E-state index in [9.17, 15) is 33.8 Å². The van der Waals surface area contributed by atoms with Crippen LogP contribution in [0.4, 0.5) is 10.1 Å². The molecule has 2 saturated heterocycles. The molecule has 0 unspecified atom stereocenters. The fourth-order valence-corrected chi connectivity index (χ4v) is 8.50. The average Bonchev–Trinajstić information content (AvgIpc) is 3.41. The zero-order valence-electron chi connectivity index (χ0n) is 25.7. The van der Waals surface area contributed by atoms with Crippen LogP contribution in [0.1, 0.15) is 36.8 Å². The number of likely N-dealkylation sites (tertiary alicyclic amines) is 1. The Morgan fingerprint density at radius 1 is 0.957 bits per heavy atom. The van der Waals surface area contributed by atoms with Crippen molar-refractivity contribution in [1.29, 1.82) is 0 Å². The molecule has 7 rings (SSSR count). The van der Waals surface area contributed by atoms with E-state index in [1.807, 2.05) is 6.08 Å². The number of amides is 4. The van der Waals surface area contributed by atoms with Crippen LogP contribution in [0, 0.1) is 34.9 Å². The smallest absolute Gasteiger partial charge is 0.241 e. The molecule has 242 valence electrons. The Kier molecular flexibility index (Phi) is 7.39. The van der Waals surface area contributed by atoms with E-state index in [4.69, 9.17) is 16.3 Å². The Morgan fingerprint density at radius 3 is 2.40 bits per heavy atom. The number of aromatic hydroxyl groups is 2. The number of methoxy groups -OCH3 is 1. The highest BCUT2D eigenvalue weighted by atomic mass is 35.5. The largest absolute Gasteiger partial charge is 0.508 e. The molecule has 4 amide bonds. The van der Waals surface area contributed by atoms with Gasteiger partial charge in [0.25, 0.3) is 0 Å². The van der Waals surface area contributed by atoms with E-state index in [0.717, 1.165) is 22.1 Å². The maximum Gasteiger partial charge on any atom is 0.241 e. The van der Waals surface area contributed by atoms with Crippen LogP contribution in [0.3, 0.4) is 0 Å². The minimum atomic E-state index is -1.32. The van der Waals surface area contributed by atoms with Gasteiger partial charge in [0.05, 0.1) is 41.0 Å². The lowest BCUT2D eigenvalue weighted by atomic mass is 9.51. The second-order valence-corrected chi connectivity index (χ2v) is 13.3. The number of phenolic OH excluding ortho intramolecular Hbond substituents is 2. The Balaban J connectivity index is 1.30. The van der Waals surface area contributed by atoms with Crippen molar-refractivity contribution in [2.24, 2.45) is 29.1 Å². The second-order valence-electron chi connectivity index (χ2n) is 12.9. The number of hydrogen-bond acceptors (Lipinski definition) is 7. The zero-order valence-corrected chi connectivity index (χ0v) is 26.4. The second kappa shape index (κ2) is 11.2. The number of nitrogens with zero attached hydrogens (tertiary/aromatic N) is 2. The third-order valence-electron chi connectivity index (χ3n) is 10.6. The molecule has 0 bridgehead atoms. The van der Waals surface area contributed by atoms with Gasteiger partial charge >= 0.3 is 0 Å². The predicted octanol–water partition coefficient (Wildman–Crippen LogP) is 5.37. The van der Waals surface area contributed by atoms with Gasteiger partial charge in [0.15, 0.2) is 11.5 Å². The highest BCUT2D eigenvalue weighted by Crippen LogP contribution is 2.64. The third-order valence-corrected chi connectivity index (χ3v) is 10.9. The minimum Gasteiger partial charge on any atom is -0.508 e. The van der Waals surface area contributed by atoms with E-state index < -0.39 is 52.6 Å². The maximum absolute atomic E-state index is 14.5. The molecule has 9 nitrogen and oxygen atoms in total. The summed E-state index contributed by atoms with van der Waals surface area (Å²) in [5, 5.41) is 19.8. The fourth-order valence-electron chi connectivity index (χ4n) is 8.33. The number of carbonyl (C=O) groups is 4. The van der Waals surface area contributed by atoms with Gasteiger partial charge in [-0.3, -0.25) is 24.1 Å².